The second-order valence-corrected chi connectivity index (χ2v) is 4.77. The van der Waals surface area contributed by atoms with Crippen molar-refractivity contribution in [2.24, 2.45) is 17.8 Å². The maximum absolute atomic E-state index is 11.9. The van der Waals surface area contributed by atoms with E-state index >= 15 is 0 Å². The normalized spacial score (nSPS) is 41.4. The summed E-state index contributed by atoms with van der Waals surface area (Å²) in [5.74, 6) is 2.60. The van der Waals surface area contributed by atoms with Gasteiger partial charge in [0, 0.05) is 5.92 Å². The quantitative estimate of drug-likeness (QED) is 0.612. The van der Waals surface area contributed by atoms with Gasteiger partial charge in [-0.2, -0.15) is 0 Å². The van der Waals surface area contributed by atoms with Gasteiger partial charge in [-0.3, -0.25) is 4.79 Å². The van der Waals surface area contributed by atoms with Gasteiger partial charge in [0.15, 0.2) is 0 Å². The Morgan fingerprint density at radius 1 is 1.36 bits per heavy atom. The summed E-state index contributed by atoms with van der Waals surface area (Å²) in [6.07, 6.45) is 3.64. The lowest BCUT2D eigenvalue weighted by molar-refractivity contribution is -0.129. The van der Waals surface area contributed by atoms with Crippen LogP contribution in [-0.4, -0.2) is 25.2 Å². The molecule has 2 nitrogen and oxygen atoms in total. The Morgan fingerprint density at radius 3 is 2.57 bits per heavy atom. The molecule has 4 unspecified atom stereocenters. The number of rotatable bonds is 2. The Bertz CT molecular complexity index is 243. The summed E-state index contributed by atoms with van der Waals surface area (Å²) in [6, 6.07) is 0. The van der Waals surface area contributed by atoms with E-state index in [1.165, 1.54) is 12.8 Å². The van der Waals surface area contributed by atoms with E-state index in [2.05, 4.69) is 21.3 Å². The maximum Gasteiger partial charge on any atom is 0.254 e. The average Bonchev–Trinajstić information content (AvgIpc) is 2.66. The number of amides is 1. The molecule has 2 aliphatic rings. The topological polar surface area (TPSA) is 20.3 Å². The lowest BCUT2D eigenvalue weighted by atomic mass is 9.68. The standard InChI is InChI=1S/C11H19BNO/c1-4-7-6-8(5-2)10-9(7)11(14)13(3)12-10/h7-10H,4-6H2,1-3H3. The summed E-state index contributed by atoms with van der Waals surface area (Å²) in [5.41, 5.74) is 0. The highest BCUT2D eigenvalue weighted by molar-refractivity contribution is 6.43. The fourth-order valence-corrected chi connectivity index (χ4v) is 3.31. The van der Waals surface area contributed by atoms with Crippen LogP contribution in [0, 0.1) is 17.8 Å². The smallest absolute Gasteiger partial charge is 0.254 e. The molecule has 0 aromatic rings. The Hall–Kier alpha value is -0.465. The van der Waals surface area contributed by atoms with Gasteiger partial charge in [0.25, 0.3) is 7.41 Å². The highest BCUT2D eigenvalue weighted by Gasteiger charge is 2.51. The first-order valence-corrected chi connectivity index (χ1v) is 5.80. The lowest BCUT2D eigenvalue weighted by Gasteiger charge is -2.16. The third kappa shape index (κ3) is 1.29. The number of carbonyl (C=O) groups is 1. The predicted molar refractivity (Wildman–Crippen MR) is 57.9 cm³/mol. The monoisotopic (exact) mass is 192 g/mol. The zero-order valence-corrected chi connectivity index (χ0v) is 9.36. The Morgan fingerprint density at radius 2 is 2.00 bits per heavy atom. The van der Waals surface area contributed by atoms with Gasteiger partial charge in [-0.15, -0.1) is 0 Å². The van der Waals surface area contributed by atoms with Gasteiger partial charge in [-0.05, 0) is 31.1 Å². The summed E-state index contributed by atoms with van der Waals surface area (Å²) in [4.78, 5) is 13.7. The first kappa shape index (κ1) is 10.1. The van der Waals surface area contributed by atoms with Crippen molar-refractivity contribution >= 4 is 13.3 Å². The molecule has 1 radical (unpaired) electrons. The molecule has 4 atom stereocenters. The van der Waals surface area contributed by atoms with Crippen LogP contribution in [0.25, 0.3) is 0 Å². The first-order chi connectivity index (χ1) is 6.69. The van der Waals surface area contributed by atoms with Crippen molar-refractivity contribution in [2.45, 2.75) is 38.9 Å². The van der Waals surface area contributed by atoms with Crippen molar-refractivity contribution in [3.8, 4) is 0 Å². The molecule has 1 amide bonds. The first-order valence-electron chi connectivity index (χ1n) is 5.80. The van der Waals surface area contributed by atoms with Gasteiger partial charge >= 0.3 is 0 Å². The molecular formula is C11H19BNO. The van der Waals surface area contributed by atoms with E-state index in [4.69, 9.17) is 0 Å². The number of hydrogen-bond donors (Lipinski definition) is 0. The third-order valence-electron chi connectivity index (χ3n) is 4.15. The molecular weight excluding hydrogens is 173 g/mol. The lowest BCUT2D eigenvalue weighted by Crippen LogP contribution is -2.27. The predicted octanol–water partition coefficient (Wildman–Crippen LogP) is 1.94. The van der Waals surface area contributed by atoms with Crippen molar-refractivity contribution in [1.29, 1.82) is 0 Å². The molecule has 0 bridgehead atoms. The van der Waals surface area contributed by atoms with Crippen molar-refractivity contribution in [3.63, 3.8) is 0 Å². The Balaban J connectivity index is 2.19. The van der Waals surface area contributed by atoms with Crippen LogP contribution in [0.3, 0.4) is 0 Å². The molecule has 1 aliphatic heterocycles. The largest absolute Gasteiger partial charge is 0.393 e. The van der Waals surface area contributed by atoms with Crippen molar-refractivity contribution in [2.75, 3.05) is 7.05 Å². The summed E-state index contributed by atoms with van der Waals surface area (Å²) in [5, 5.41) is 0. The molecule has 2 rings (SSSR count). The molecule has 1 saturated heterocycles. The molecule has 77 valence electrons. The van der Waals surface area contributed by atoms with E-state index in [9.17, 15) is 4.79 Å². The Labute approximate surface area is 87.3 Å². The average molecular weight is 192 g/mol. The van der Waals surface area contributed by atoms with E-state index in [0.717, 1.165) is 12.3 Å². The minimum absolute atomic E-state index is 0.315. The minimum Gasteiger partial charge on any atom is -0.393 e. The summed E-state index contributed by atoms with van der Waals surface area (Å²) in [6.45, 7) is 4.46. The number of carbonyl (C=O) groups excluding carboxylic acids is 1. The zero-order valence-electron chi connectivity index (χ0n) is 9.36. The summed E-state index contributed by atoms with van der Waals surface area (Å²) in [7, 11) is 4.07. The van der Waals surface area contributed by atoms with Crippen LogP contribution in [-0.2, 0) is 4.79 Å². The van der Waals surface area contributed by atoms with Crippen molar-refractivity contribution in [1.82, 2.24) is 4.81 Å². The molecule has 3 heteroatoms. The second-order valence-electron chi connectivity index (χ2n) is 4.77. The molecule has 0 spiro atoms. The molecule has 1 saturated carbocycles. The molecule has 14 heavy (non-hydrogen) atoms. The van der Waals surface area contributed by atoms with Crippen LogP contribution in [0.15, 0.2) is 0 Å². The highest BCUT2D eigenvalue weighted by Crippen LogP contribution is 2.51. The van der Waals surface area contributed by atoms with Crippen LogP contribution < -0.4 is 0 Å². The fourth-order valence-electron chi connectivity index (χ4n) is 3.31. The van der Waals surface area contributed by atoms with Crippen molar-refractivity contribution in [3.05, 3.63) is 0 Å². The van der Waals surface area contributed by atoms with Crippen LogP contribution in [0.5, 0.6) is 0 Å². The van der Waals surface area contributed by atoms with E-state index in [0.29, 0.717) is 23.6 Å². The van der Waals surface area contributed by atoms with Crippen LogP contribution in [0.2, 0.25) is 5.82 Å². The van der Waals surface area contributed by atoms with E-state index in [-0.39, 0.29) is 0 Å². The van der Waals surface area contributed by atoms with Crippen molar-refractivity contribution < 1.29 is 4.79 Å². The fraction of sp³-hybridized carbons (Fsp3) is 0.909. The third-order valence-corrected chi connectivity index (χ3v) is 4.15. The molecule has 1 heterocycles. The van der Waals surface area contributed by atoms with E-state index < -0.39 is 0 Å². The molecule has 1 aliphatic carbocycles. The van der Waals surface area contributed by atoms with Crippen LogP contribution in [0.4, 0.5) is 0 Å². The van der Waals surface area contributed by atoms with E-state index in [1.54, 1.807) is 0 Å². The minimum atomic E-state index is 0.315. The zero-order chi connectivity index (χ0) is 10.3. The van der Waals surface area contributed by atoms with Gasteiger partial charge in [0.05, 0.1) is 0 Å². The van der Waals surface area contributed by atoms with Gasteiger partial charge in [0.2, 0.25) is 5.91 Å². The Kier molecular flexibility index (Phi) is 2.59. The molecule has 0 N–H and O–H groups in total. The second kappa shape index (κ2) is 3.60. The van der Waals surface area contributed by atoms with E-state index in [1.807, 2.05) is 11.9 Å². The number of nitrogens with zero attached hydrogens (tertiary/aromatic N) is 1. The van der Waals surface area contributed by atoms with Gasteiger partial charge in [0.1, 0.15) is 0 Å². The van der Waals surface area contributed by atoms with Crippen LogP contribution in [0.1, 0.15) is 33.1 Å². The molecule has 2 fully saturated rings. The summed E-state index contributed by atoms with van der Waals surface area (Å²) < 4.78 is 0. The van der Waals surface area contributed by atoms with Crippen LogP contribution >= 0.6 is 0 Å². The summed E-state index contributed by atoms with van der Waals surface area (Å²) >= 11 is 0. The number of fused-ring (bicyclic) bond motifs is 1. The molecule has 0 aromatic heterocycles. The van der Waals surface area contributed by atoms with Gasteiger partial charge in [-0.25, -0.2) is 0 Å². The SMILES string of the molecule is CCC1CC(CC)C2C(=O)N(C)[B]C12. The number of hydrogen-bond acceptors (Lipinski definition) is 1. The van der Waals surface area contributed by atoms with Gasteiger partial charge < -0.3 is 4.81 Å². The van der Waals surface area contributed by atoms with Gasteiger partial charge in [-0.1, -0.05) is 26.7 Å². The molecule has 0 aromatic carbocycles. The highest BCUT2D eigenvalue weighted by atomic mass is 16.2. The maximum atomic E-state index is 11.9.